The van der Waals surface area contributed by atoms with E-state index in [1.807, 2.05) is 24.3 Å². The van der Waals surface area contributed by atoms with Crippen LogP contribution >= 0.6 is 0 Å². The molecule has 0 spiro atoms. The van der Waals surface area contributed by atoms with Crippen molar-refractivity contribution in [2.45, 2.75) is 0 Å². The number of furan rings is 2. The zero-order valence-corrected chi connectivity index (χ0v) is 34.5. The fourth-order valence-electron chi connectivity index (χ4n) is 10.6. The SMILES string of the molecule is c1ccc2c(c1)oc1cccc(-c3ccc(-n4c5ccccc5c5ccc(-c6cccc7c6c6ccccc6n7-c6ccc(-c7cccc8oc9ccccc9c78)cc6)cc54)cc3)c12. The van der Waals surface area contributed by atoms with Gasteiger partial charge in [-0.2, -0.15) is 0 Å². The molecule has 14 aromatic rings. The van der Waals surface area contributed by atoms with E-state index in [0.717, 1.165) is 66.4 Å². The Hall–Kier alpha value is -8.60. The monoisotopic (exact) mass is 816 g/mol. The molecule has 0 atom stereocenters. The van der Waals surface area contributed by atoms with E-state index in [4.69, 9.17) is 8.83 Å². The third kappa shape index (κ3) is 5.05. The molecule has 4 heteroatoms. The molecule has 0 bridgehead atoms. The summed E-state index contributed by atoms with van der Waals surface area (Å²) in [5.41, 5.74) is 17.6. The van der Waals surface area contributed by atoms with Crippen molar-refractivity contribution in [1.82, 2.24) is 9.13 Å². The van der Waals surface area contributed by atoms with Crippen LogP contribution < -0.4 is 0 Å². The number of rotatable bonds is 5. The Labute approximate surface area is 367 Å². The first-order valence-corrected chi connectivity index (χ1v) is 21.8. The molecule has 0 fully saturated rings. The third-order valence-corrected chi connectivity index (χ3v) is 13.4. The molecule has 0 amide bonds. The summed E-state index contributed by atoms with van der Waals surface area (Å²) >= 11 is 0. The molecule has 0 radical (unpaired) electrons. The van der Waals surface area contributed by atoms with Crippen molar-refractivity contribution in [2.24, 2.45) is 0 Å². The molecule has 0 saturated heterocycles. The smallest absolute Gasteiger partial charge is 0.136 e. The quantitative estimate of drug-likeness (QED) is 0.173. The van der Waals surface area contributed by atoms with E-state index in [1.165, 1.54) is 65.9 Å². The lowest BCUT2D eigenvalue weighted by Crippen LogP contribution is -1.94. The first-order chi connectivity index (χ1) is 31.7. The van der Waals surface area contributed by atoms with E-state index in [1.54, 1.807) is 0 Å². The van der Waals surface area contributed by atoms with Gasteiger partial charge in [0.05, 0.1) is 22.1 Å². The second-order valence-electron chi connectivity index (χ2n) is 16.8. The van der Waals surface area contributed by atoms with Crippen molar-refractivity contribution in [1.29, 1.82) is 0 Å². The summed E-state index contributed by atoms with van der Waals surface area (Å²) in [4.78, 5) is 0. The Morgan fingerprint density at radius 1 is 0.250 bits per heavy atom. The highest BCUT2D eigenvalue weighted by Crippen LogP contribution is 2.43. The zero-order chi connectivity index (χ0) is 41.9. The first kappa shape index (κ1) is 35.0. The number of fused-ring (bicyclic) bond motifs is 12. The Balaban J connectivity index is 0.904. The summed E-state index contributed by atoms with van der Waals surface area (Å²) in [6.45, 7) is 0. The molecular formula is C60H36N2O2. The van der Waals surface area contributed by atoms with E-state index in [-0.39, 0.29) is 0 Å². The van der Waals surface area contributed by atoms with Gasteiger partial charge in [-0.15, -0.1) is 0 Å². The summed E-state index contributed by atoms with van der Waals surface area (Å²) < 4.78 is 17.3. The topological polar surface area (TPSA) is 36.1 Å². The summed E-state index contributed by atoms with van der Waals surface area (Å²) in [5.74, 6) is 0. The van der Waals surface area contributed by atoms with Gasteiger partial charge in [0, 0.05) is 54.5 Å². The van der Waals surface area contributed by atoms with E-state index >= 15 is 0 Å². The van der Waals surface area contributed by atoms with Crippen molar-refractivity contribution in [2.75, 3.05) is 0 Å². The van der Waals surface area contributed by atoms with Crippen LogP contribution in [0.5, 0.6) is 0 Å². The third-order valence-electron chi connectivity index (χ3n) is 13.4. The van der Waals surface area contributed by atoms with Gasteiger partial charge in [0.1, 0.15) is 22.3 Å². The van der Waals surface area contributed by atoms with Crippen LogP contribution in [0.1, 0.15) is 0 Å². The average molecular weight is 817 g/mol. The molecule has 298 valence electrons. The maximum atomic E-state index is 6.25. The molecule has 4 aromatic heterocycles. The van der Waals surface area contributed by atoms with Gasteiger partial charge < -0.3 is 18.0 Å². The van der Waals surface area contributed by atoms with Crippen molar-refractivity contribution in [3.8, 4) is 44.8 Å². The fourth-order valence-corrected chi connectivity index (χ4v) is 10.6. The zero-order valence-electron chi connectivity index (χ0n) is 34.5. The maximum Gasteiger partial charge on any atom is 0.136 e. The minimum absolute atomic E-state index is 0.905. The molecule has 0 saturated carbocycles. The standard InChI is InChI=1S/C60H36N2O2/c1-5-19-50-45(12-1)46-35-30-39(36-53(46)62(50)41-33-28-38(29-34-41)43-18-11-25-57-60(43)49-15-4-8-23-55(49)64-57)44-16-9-21-52-58(44)47-13-2-6-20-51(47)61(52)40-31-26-37(27-32-40)42-17-10-24-56-59(42)48-14-3-7-22-54(48)63-56/h1-36H. The van der Waals surface area contributed by atoms with Crippen LogP contribution in [0.4, 0.5) is 0 Å². The van der Waals surface area contributed by atoms with Gasteiger partial charge in [0.15, 0.2) is 0 Å². The van der Waals surface area contributed by atoms with Gasteiger partial charge in [-0.3, -0.25) is 0 Å². The lowest BCUT2D eigenvalue weighted by Gasteiger charge is -2.12. The van der Waals surface area contributed by atoms with Gasteiger partial charge in [0.25, 0.3) is 0 Å². The van der Waals surface area contributed by atoms with Crippen molar-refractivity contribution >= 4 is 87.5 Å². The van der Waals surface area contributed by atoms with Crippen LogP contribution in [0.25, 0.3) is 132 Å². The molecule has 0 aliphatic carbocycles. The fraction of sp³-hybridized carbons (Fsp3) is 0. The number of nitrogens with zero attached hydrogens (tertiary/aromatic N) is 2. The van der Waals surface area contributed by atoms with Crippen LogP contribution in [0.2, 0.25) is 0 Å². The van der Waals surface area contributed by atoms with Gasteiger partial charge >= 0.3 is 0 Å². The Kier molecular flexibility index (Phi) is 7.36. The molecular weight excluding hydrogens is 781 g/mol. The van der Waals surface area contributed by atoms with Crippen molar-refractivity contribution in [3.05, 3.63) is 218 Å². The van der Waals surface area contributed by atoms with Gasteiger partial charge in [-0.1, -0.05) is 146 Å². The Morgan fingerprint density at radius 3 is 1.25 bits per heavy atom. The van der Waals surface area contributed by atoms with E-state index in [0.29, 0.717) is 0 Å². The van der Waals surface area contributed by atoms with Crippen LogP contribution in [-0.4, -0.2) is 9.13 Å². The number of para-hydroxylation sites is 4. The minimum atomic E-state index is 0.905. The second-order valence-corrected chi connectivity index (χ2v) is 16.8. The van der Waals surface area contributed by atoms with Crippen molar-refractivity contribution in [3.63, 3.8) is 0 Å². The van der Waals surface area contributed by atoms with E-state index < -0.39 is 0 Å². The summed E-state index contributed by atoms with van der Waals surface area (Å²) in [7, 11) is 0. The lowest BCUT2D eigenvalue weighted by molar-refractivity contribution is 0.668. The summed E-state index contributed by atoms with van der Waals surface area (Å²) in [6, 6.07) is 78.6. The molecule has 0 unspecified atom stereocenters. The predicted octanol–water partition coefficient (Wildman–Crippen LogP) is 16.7. The highest BCUT2D eigenvalue weighted by atomic mass is 16.3. The van der Waals surface area contributed by atoms with Gasteiger partial charge in [-0.25, -0.2) is 0 Å². The maximum absolute atomic E-state index is 6.25. The average Bonchev–Trinajstić information content (AvgIpc) is 4.12. The van der Waals surface area contributed by atoms with Gasteiger partial charge in [-0.05, 0) is 106 Å². The molecule has 14 rings (SSSR count). The number of hydrogen-bond donors (Lipinski definition) is 0. The molecule has 64 heavy (non-hydrogen) atoms. The number of benzene rings is 10. The molecule has 0 aliphatic rings. The molecule has 10 aromatic carbocycles. The first-order valence-electron chi connectivity index (χ1n) is 21.8. The minimum Gasteiger partial charge on any atom is -0.456 e. The largest absolute Gasteiger partial charge is 0.456 e. The number of aromatic nitrogens is 2. The van der Waals surface area contributed by atoms with Crippen LogP contribution in [0.3, 0.4) is 0 Å². The summed E-state index contributed by atoms with van der Waals surface area (Å²) in [6.07, 6.45) is 0. The van der Waals surface area contributed by atoms with Crippen molar-refractivity contribution < 1.29 is 8.83 Å². The molecule has 4 nitrogen and oxygen atoms in total. The summed E-state index contributed by atoms with van der Waals surface area (Å²) in [5, 5.41) is 9.50. The second kappa shape index (κ2) is 13.4. The highest BCUT2D eigenvalue weighted by Gasteiger charge is 2.20. The van der Waals surface area contributed by atoms with Crippen LogP contribution in [0, 0.1) is 0 Å². The normalized spacial score (nSPS) is 12.1. The highest BCUT2D eigenvalue weighted by molar-refractivity contribution is 6.18. The Morgan fingerprint density at radius 2 is 0.656 bits per heavy atom. The lowest BCUT2D eigenvalue weighted by atomic mass is 9.98. The predicted molar refractivity (Wildman–Crippen MR) is 266 cm³/mol. The Bertz CT molecular complexity index is 4180. The molecule has 4 heterocycles. The number of hydrogen-bond acceptors (Lipinski definition) is 2. The molecule has 0 aliphatic heterocycles. The van der Waals surface area contributed by atoms with Crippen LogP contribution in [0.15, 0.2) is 227 Å². The van der Waals surface area contributed by atoms with E-state index in [2.05, 4.69) is 203 Å². The molecule has 0 N–H and O–H groups in total. The van der Waals surface area contributed by atoms with Crippen LogP contribution in [-0.2, 0) is 0 Å². The van der Waals surface area contributed by atoms with Gasteiger partial charge in [0.2, 0.25) is 0 Å². The van der Waals surface area contributed by atoms with E-state index in [9.17, 15) is 0 Å².